The summed E-state index contributed by atoms with van der Waals surface area (Å²) in [5.41, 5.74) is 2.71. The van der Waals surface area contributed by atoms with Crippen molar-refractivity contribution in [2.45, 2.75) is 0 Å². The zero-order valence-corrected chi connectivity index (χ0v) is 11.5. The second-order valence-electron chi connectivity index (χ2n) is 3.81. The van der Waals surface area contributed by atoms with Crippen LogP contribution in [0.2, 0.25) is 0 Å². The minimum Gasteiger partial charge on any atom is -0.256 e. The molecule has 0 saturated carbocycles. The van der Waals surface area contributed by atoms with Crippen LogP contribution in [-0.2, 0) is 0 Å². The van der Waals surface area contributed by atoms with Crippen molar-refractivity contribution in [2.75, 3.05) is 0 Å². The summed E-state index contributed by atoms with van der Waals surface area (Å²) in [5, 5.41) is 5.33. The van der Waals surface area contributed by atoms with Crippen LogP contribution in [0, 0.1) is 15.9 Å². The molecule has 0 amide bonds. The Hall–Kier alpha value is -1.87. The summed E-state index contributed by atoms with van der Waals surface area (Å²) < 4.78 is 2.95. The topological polar surface area (TPSA) is 30.7 Å². The largest absolute Gasteiger partial charge is 0.256 e. The molecule has 0 N–H and O–H groups in total. The Kier molecular flexibility index (Phi) is 2.76. The van der Waals surface area contributed by atoms with Gasteiger partial charge in [0.05, 0.1) is 23.0 Å². The second-order valence-corrected chi connectivity index (χ2v) is 5.06. The van der Waals surface area contributed by atoms with Gasteiger partial charge in [-0.2, -0.15) is 5.10 Å². The monoisotopic (exact) mass is 345 g/mol. The molecule has 2 heterocycles. The number of aromatic nitrogens is 3. The lowest BCUT2D eigenvalue weighted by Gasteiger charge is -2.05. The second kappa shape index (κ2) is 4.42. The van der Waals surface area contributed by atoms with Gasteiger partial charge in [0.1, 0.15) is 0 Å². The highest BCUT2D eigenvalue weighted by Gasteiger charge is 2.05. The molecule has 1 aromatic carbocycles. The average Bonchev–Trinajstić information content (AvgIpc) is 2.86. The molecule has 0 saturated heterocycles. The summed E-state index contributed by atoms with van der Waals surface area (Å²) in [6.07, 6.45) is 10.7. The zero-order chi connectivity index (χ0) is 12.5. The first-order valence-electron chi connectivity index (χ1n) is 5.34. The van der Waals surface area contributed by atoms with E-state index in [4.69, 9.17) is 6.42 Å². The number of hydrogen-bond donors (Lipinski definition) is 0. The van der Waals surface area contributed by atoms with Crippen molar-refractivity contribution in [3.63, 3.8) is 0 Å². The summed E-state index contributed by atoms with van der Waals surface area (Å²) in [4.78, 5) is 4.37. The van der Waals surface area contributed by atoms with Crippen molar-refractivity contribution in [1.29, 1.82) is 0 Å². The van der Waals surface area contributed by atoms with E-state index in [0.717, 1.165) is 25.7 Å². The molecule has 0 bridgehead atoms. The van der Waals surface area contributed by atoms with Crippen LogP contribution < -0.4 is 0 Å². The van der Waals surface area contributed by atoms with Gasteiger partial charge in [0.15, 0.2) is 0 Å². The summed E-state index contributed by atoms with van der Waals surface area (Å²) in [6, 6.07) is 8.09. The zero-order valence-electron chi connectivity index (χ0n) is 9.34. The van der Waals surface area contributed by atoms with Gasteiger partial charge in [-0.15, -0.1) is 6.42 Å². The third-order valence-electron chi connectivity index (χ3n) is 2.68. The van der Waals surface area contributed by atoms with Gasteiger partial charge in [0.2, 0.25) is 0 Å². The molecule has 86 valence electrons. The first-order chi connectivity index (χ1) is 8.78. The molecule has 0 atom stereocenters. The van der Waals surface area contributed by atoms with Gasteiger partial charge in [0.25, 0.3) is 0 Å². The van der Waals surface area contributed by atoms with Gasteiger partial charge < -0.3 is 0 Å². The van der Waals surface area contributed by atoms with E-state index in [0.29, 0.717) is 0 Å². The SMILES string of the molecule is C#Cc1cnn(-c2ccnc3cc(I)ccc23)c1. The quantitative estimate of drug-likeness (QED) is 0.502. The number of rotatable bonds is 1. The van der Waals surface area contributed by atoms with E-state index < -0.39 is 0 Å². The van der Waals surface area contributed by atoms with Crippen LogP contribution in [0.3, 0.4) is 0 Å². The molecule has 0 aliphatic carbocycles. The molecule has 0 unspecified atom stereocenters. The van der Waals surface area contributed by atoms with E-state index >= 15 is 0 Å². The lowest BCUT2D eigenvalue weighted by atomic mass is 10.2. The summed E-state index contributed by atoms with van der Waals surface area (Å²) in [7, 11) is 0. The van der Waals surface area contributed by atoms with Crippen LogP contribution >= 0.6 is 22.6 Å². The van der Waals surface area contributed by atoms with Gasteiger partial charge in [0, 0.05) is 21.4 Å². The van der Waals surface area contributed by atoms with Gasteiger partial charge >= 0.3 is 0 Å². The van der Waals surface area contributed by atoms with Crippen molar-refractivity contribution in [3.05, 3.63) is 52.0 Å². The number of pyridine rings is 1. The summed E-state index contributed by atoms with van der Waals surface area (Å²) >= 11 is 2.28. The molecular weight excluding hydrogens is 337 g/mol. The molecule has 2 aromatic heterocycles. The molecule has 18 heavy (non-hydrogen) atoms. The van der Waals surface area contributed by atoms with Gasteiger partial charge in [-0.1, -0.05) is 5.92 Å². The van der Waals surface area contributed by atoms with Crippen molar-refractivity contribution in [1.82, 2.24) is 14.8 Å². The molecule has 0 aliphatic heterocycles. The molecule has 0 spiro atoms. The Bertz CT molecular complexity index is 768. The van der Waals surface area contributed by atoms with Crippen LogP contribution in [0.1, 0.15) is 5.56 Å². The fourth-order valence-corrected chi connectivity index (χ4v) is 2.31. The average molecular weight is 345 g/mol. The molecule has 3 aromatic rings. The number of hydrogen-bond acceptors (Lipinski definition) is 2. The van der Waals surface area contributed by atoms with Crippen LogP contribution in [0.25, 0.3) is 16.6 Å². The minimum absolute atomic E-state index is 0.769. The summed E-state index contributed by atoms with van der Waals surface area (Å²) in [5.74, 6) is 2.57. The molecule has 0 aliphatic rings. The van der Waals surface area contributed by atoms with E-state index in [9.17, 15) is 0 Å². The van der Waals surface area contributed by atoms with E-state index in [1.807, 2.05) is 18.3 Å². The third-order valence-corrected chi connectivity index (χ3v) is 3.35. The first-order valence-corrected chi connectivity index (χ1v) is 6.42. The van der Waals surface area contributed by atoms with Crippen LogP contribution in [-0.4, -0.2) is 14.8 Å². The lowest BCUT2D eigenvalue weighted by Crippen LogP contribution is -1.96. The maximum absolute atomic E-state index is 5.36. The highest BCUT2D eigenvalue weighted by Crippen LogP contribution is 2.22. The predicted molar refractivity (Wildman–Crippen MR) is 79.5 cm³/mol. The number of halogens is 1. The number of fused-ring (bicyclic) bond motifs is 1. The number of terminal acetylenes is 1. The maximum atomic E-state index is 5.36. The Balaban J connectivity index is 2.26. The standard InChI is InChI=1S/C14H8IN3/c1-2-10-8-17-18(9-10)14-5-6-16-13-7-11(15)3-4-12(13)14/h1,3-9H. The molecule has 0 fully saturated rings. The number of nitrogens with zero attached hydrogens (tertiary/aromatic N) is 3. The minimum atomic E-state index is 0.769. The fourth-order valence-electron chi connectivity index (χ4n) is 1.84. The van der Waals surface area contributed by atoms with E-state index in [1.54, 1.807) is 17.1 Å². The molecule has 3 nitrogen and oxygen atoms in total. The Morgan fingerprint density at radius 3 is 2.94 bits per heavy atom. The number of benzene rings is 1. The maximum Gasteiger partial charge on any atom is 0.0755 e. The Morgan fingerprint density at radius 2 is 2.17 bits per heavy atom. The Morgan fingerprint density at radius 1 is 1.28 bits per heavy atom. The van der Waals surface area contributed by atoms with Gasteiger partial charge in [-0.3, -0.25) is 4.98 Å². The van der Waals surface area contributed by atoms with E-state index in [1.165, 1.54) is 0 Å². The first kappa shape index (κ1) is 11.2. The molecule has 4 heteroatoms. The van der Waals surface area contributed by atoms with E-state index in [-0.39, 0.29) is 0 Å². The predicted octanol–water partition coefficient (Wildman–Crippen LogP) is 3.01. The molecular formula is C14H8IN3. The van der Waals surface area contributed by atoms with Gasteiger partial charge in [-0.25, -0.2) is 4.68 Å². The highest BCUT2D eigenvalue weighted by molar-refractivity contribution is 14.1. The molecule has 0 radical (unpaired) electrons. The van der Waals surface area contributed by atoms with Gasteiger partial charge in [-0.05, 0) is 46.9 Å². The summed E-state index contributed by atoms with van der Waals surface area (Å²) in [6.45, 7) is 0. The van der Waals surface area contributed by atoms with Crippen molar-refractivity contribution < 1.29 is 0 Å². The molecule has 3 rings (SSSR count). The smallest absolute Gasteiger partial charge is 0.0755 e. The van der Waals surface area contributed by atoms with Crippen LogP contribution in [0.5, 0.6) is 0 Å². The fraction of sp³-hybridized carbons (Fsp3) is 0. The van der Waals surface area contributed by atoms with Crippen LogP contribution in [0.4, 0.5) is 0 Å². The van der Waals surface area contributed by atoms with Crippen LogP contribution in [0.15, 0.2) is 42.9 Å². The van der Waals surface area contributed by atoms with Crippen molar-refractivity contribution in [2.24, 2.45) is 0 Å². The Labute approximate surface area is 118 Å². The third kappa shape index (κ3) is 1.87. The van der Waals surface area contributed by atoms with Crippen molar-refractivity contribution >= 4 is 33.5 Å². The van der Waals surface area contributed by atoms with E-state index in [2.05, 4.69) is 50.7 Å². The lowest BCUT2D eigenvalue weighted by molar-refractivity contribution is 0.886. The normalized spacial score (nSPS) is 10.4. The highest BCUT2D eigenvalue weighted by atomic mass is 127. The van der Waals surface area contributed by atoms with Crippen molar-refractivity contribution in [3.8, 4) is 18.0 Å².